The third-order valence-corrected chi connectivity index (χ3v) is 11.9. The van der Waals surface area contributed by atoms with Crippen molar-refractivity contribution >= 4 is 65.8 Å². The molecule has 0 bridgehead atoms. The number of aliphatic imine (C=N–C) groups is 1. The summed E-state index contributed by atoms with van der Waals surface area (Å²) in [7, 11) is 4.17. The van der Waals surface area contributed by atoms with Gasteiger partial charge in [-0.1, -0.05) is 0 Å². The number of aromatic amines is 1. The molecule has 55 heavy (non-hydrogen) atoms. The SMILES string of the molecule is COCCOC1[C@@H](OP(O)(=S)OC[C@H]2O[C@@H](n3cnc4c(=O)[nH]c(N)nc43)C(OCCOC)[C@H]2O)[C@@H](COP(O)(=S)OC)O[C@H]1n1cnc2c1NCN=C2N. The summed E-state index contributed by atoms with van der Waals surface area (Å²) in [5.74, 6) is 0.512. The van der Waals surface area contributed by atoms with E-state index in [1.807, 2.05) is 0 Å². The van der Waals surface area contributed by atoms with E-state index in [4.69, 9.17) is 81.6 Å². The van der Waals surface area contributed by atoms with E-state index in [9.17, 15) is 19.7 Å². The van der Waals surface area contributed by atoms with Crippen LogP contribution in [0.5, 0.6) is 0 Å². The van der Waals surface area contributed by atoms with Crippen molar-refractivity contribution in [3.63, 3.8) is 0 Å². The molecule has 3 aromatic rings. The van der Waals surface area contributed by atoms with E-state index in [0.29, 0.717) is 11.5 Å². The number of aliphatic hydroxyl groups is 1. The van der Waals surface area contributed by atoms with Gasteiger partial charge in [0, 0.05) is 21.3 Å². The van der Waals surface area contributed by atoms with E-state index in [1.54, 1.807) is 4.57 Å². The van der Waals surface area contributed by atoms with Crippen molar-refractivity contribution in [2.45, 2.75) is 49.1 Å². The summed E-state index contributed by atoms with van der Waals surface area (Å²) in [4.78, 5) is 53.6. The minimum Gasteiger partial charge on any atom is -0.387 e. The van der Waals surface area contributed by atoms with Gasteiger partial charge < -0.3 is 73.7 Å². The Bertz CT molecular complexity index is 1990. The number of nitrogens with two attached hydrogens (primary N) is 2. The molecule has 2 saturated heterocycles. The van der Waals surface area contributed by atoms with Crippen molar-refractivity contribution in [3.05, 3.63) is 28.7 Å². The molecule has 4 unspecified atom stereocenters. The summed E-state index contributed by atoms with van der Waals surface area (Å²) >= 11 is 10.5. The summed E-state index contributed by atoms with van der Waals surface area (Å²) in [5, 5.41) is 14.5. The summed E-state index contributed by atoms with van der Waals surface area (Å²) in [5.41, 5.74) is 11.7. The van der Waals surface area contributed by atoms with Crippen molar-refractivity contribution in [1.29, 1.82) is 0 Å². The molecule has 24 nitrogen and oxygen atoms in total. The maximum atomic E-state index is 12.5. The van der Waals surface area contributed by atoms with Gasteiger partial charge in [0.1, 0.15) is 60.6 Å². The standard InChI is InChI=1S/C27H42N10O14P2S2/c1-42-4-6-45-19-17(38)13(49-25(19)37-12-33-16-23(37)34-27(29)35-24(16)39)8-48-53(41,55)51-18-14(9-47-52(40,54)44-3)50-26(20(18)46-7-5-43-2)36-11-32-15-21(28)30-10-31-22(15)36/h11-14,17-20,25-26,31,38H,4-10H2,1-3H3,(H2,28,30)(H,40,54)(H,41,55)(H3,29,34,35,39)/t13-,14-,17+,18+,19?,20?,25-,26-,52?,53?/m1/s1. The van der Waals surface area contributed by atoms with Crippen LogP contribution in [0.4, 0.5) is 11.8 Å². The topological polar surface area (TPSA) is 311 Å². The summed E-state index contributed by atoms with van der Waals surface area (Å²) < 4.78 is 60.3. The van der Waals surface area contributed by atoms with Crippen molar-refractivity contribution in [1.82, 2.24) is 29.1 Å². The molecule has 0 aromatic carbocycles. The van der Waals surface area contributed by atoms with E-state index in [2.05, 4.69) is 30.2 Å². The van der Waals surface area contributed by atoms with Crippen molar-refractivity contribution in [3.8, 4) is 0 Å². The van der Waals surface area contributed by atoms with Gasteiger partial charge in [0.2, 0.25) is 5.95 Å². The maximum absolute atomic E-state index is 12.5. The van der Waals surface area contributed by atoms with Gasteiger partial charge in [-0.05, 0) is 23.6 Å². The number of nitrogens with zero attached hydrogens (tertiary/aromatic N) is 6. The highest BCUT2D eigenvalue weighted by molar-refractivity contribution is 8.07. The monoisotopic (exact) mass is 856 g/mol. The molecule has 0 spiro atoms. The van der Waals surface area contributed by atoms with Crippen LogP contribution < -0.4 is 22.3 Å². The number of rotatable bonds is 19. The number of nitrogen functional groups attached to an aromatic ring is 1. The van der Waals surface area contributed by atoms with Gasteiger partial charge in [0.15, 0.2) is 23.6 Å². The second-order valence-electron chi connectivity index (χ2n) is 12.1. The average molecular weight is 857 g/mol. The van der Waals surface area contributed by atoms with Crippen LogP contribution >= 0.6 is 13.4 Å². The number of fused-ring (bicyclic) bond motifs is 2. The first-order valence-corrected chi connectivity index (χ1v) is 21.7. The fourth-order valence-electron chi connectivity index (χ4n) is 6.06. The molecule has 10 atom stereocenters. The summed E-state index contributed by atoms with van der Waals surface area (Å²) in [6.45, 7) is -8.20. The number of imidazole rings is 2. The Kier molecular flexibility index (Phi) is 13.7. The molecule has 3 aliphatic heterocycles. The van der Waals surface area contributed by atoms with Crippen LogP contribution in [0.15, 0.2) is 22.4 Å². The molecule has 0 radical (unpaired) electrons. The Morgan fingerprint density at radius 3 is 2.25 bits per heavy atom. The van der Waals surface area contributed by atoms with Gasteiger partial charge >= 0.3 is 13.4 Å². The fourth-order valence-corrected chi connectivity index (χ4v) is 8.12. The van der Waals surface area contributed by atoms with E-state index < -0.39 is 74.7 Å². The van der Waals surface area contributed by atoms with Crippen LogP contribution in [-0.4, -0.2) is 154 Å². The number of ether oxygens (including phenoxy) is 6. The minimum atomic E-state index is -4.27. The van der Waals surface area contributed by atoms with E-state index >= 15 is 0 Å². The molecule has 6 rings (SSSR count). The molecular weight excluding hydrogens is 814 g/mol. The molecule has 0 saturated carbocycles. The largest absolute Gasteiger partial charge is 0.387 e. The number of anilines is 2. The Morgan fingerprint density at radius 2 is 1.55 bits per heavy atom. The predicted octanol–water partition coefficient (Wildman–Crippen LogP) is -1.60. The van der Waals surface area contributed by atoms with Gasteiger partial charge in [0.05, 0.1) is 52.3 Å². The molecule has 3 aromatic heterocycles. The highest BCUT2D eigenvalue weighted by Gasteiger charge is 2.52. The summed E-state index contributed by atoms with van der Waals surface area (Å²) in [6.07, 6.45) is -6.26. The fraction of sp³-hybridized carbons (Fsp3) is 0.667. The quantitative estimate of drug-likeness (QED) is 0.0528. The lowest BCUT2D eigenvalue weighted by molar-refractivity contribution is -0.0803. The molecule has 2 fully saturated rings. The van der Waals surface area contributed by atoms with Gasteiger partial charge in [-0.3, -0.25) is 23.4 Å². The lowest BCUT2D eigenvalue weighted by Crippen LogP contribution is -2.39. The van der Waals surface area contributed by atoms with Gasteiger partial charge in [-0.25, -0.2) is 15.0 Å². The Labute approximate surface area is 322 Å². The molecule has 9 N–H and O–H groups in total. The molecular formula is C27H42N10O14P2S2. The maximum Gasteiger partial charge on any atom is 0.325 e. The smallest absolute Gasteiger partial charge is 0.325 e. The normalized spacial score (nSPS) is 28.8. The molecule has 306 valence electrons. The van der Waals surface area contributed by atoms with E-state index in [0.717, 1.165) is 0 Å². The number of aromatic nitrogens is 6. The Balaban J connectivity index is 1.24. The number of hydrogen-bond donors (Lipinski definition) is 7. The first-order chi connectivity index (χ1) is 26.3. The number of methoxy groups -OCH3 is 2. The number of nitrogens with one attached hydrogen (secondary N) is 2. The molecule has 0 aliphatic carbocycles. The molecule has 3 aliphatic rings. The molecule has 28 heteroatoms. The van der Waals surface area contributed by atoms with Crippen LogP contribution in [0.3, 0.4) is 0 Å². The number of hydrogen-bond acceptors (Lipinski definition) is 21. The van der Waals surface area contributed by atoms with Crippen molar-refractivity contribution < 1.29 is 61.4 Å². The lowest BCUT2D eigenvalue weighted by Gasteiger charge is -2.29. The van der Waals surface area contributed by atoms with Crippen molar-refractivity contribution in [2.24, 2.45) is 10.7 Å². The first-order valence-electron chi connectivity index (χ1n) is 16.5. The minimum absolute atomic E-state index is 0.0227. The predicted molar refractivity (Wildman–Crippen MR) is 198 cm³/mol. The second kappa shape index (κ2) is 17.9. The van der Waals surface area contributed by atoms with Crippen LogP contribution in [-0.2, 0) is 70.1 Å². The Hall–Kier alpha value is -2.59. The van der Waals surface area contributed by atoms with Crippen molar-refractivity contribution in [2.75, 3.05) is 78.7 Å². The lowest BCUT2D eigenvalue weighted by atomic mass is 10.1. The number of amidine groups is 1. The zero-order valence-corrected chi connectivity index (χ0v) is 33.0. The third kappa shape index (κ3) is 9.42. The van der Waals surface area contributed by atoms with E-state index in [-0.39, 0.29) is 62.7 Å². The highest BCUT2D eigenvalue weighted by Crippen LogP contribution is 2.52. The van der Waals surface area contributed by atoms with Gasteiger partial charge in [-0.15, -0.1) is 0 Å². The highest BCUT2D eigenvalue weighted by atomic mass is 32.5. The summed E-state index contributed by atoms with van der Waals surface area (Å²) in [6, 6.07) is 0. The average Bonchev–Trinajstić information content (AvgIpc) is 3.91. The van der Waals surface area contributed by atoms with E-state index in [1.165, 1.54) is 38.6 Å². The number of H-pyrrole nitrogens is 1. The van der Waals surface area contributed by atoms with Gasteiger partial charge in [-0.2, -0.15) is 4.98 Å². The number of aliphatic hydroxyl groups excluding tert-OH is 1. The van der Waals surface area contributed by atoms with Crippen LogP contribution in [0.1, 0.15) is 18.1 Å². The molecule has 0 amide bonds. The van der Waals surface area contributed by atoms with Crippen LogP contribution in [0.25, 0.3) is 11.2 Å². The second-order valence-corrected chi connectivity index (χ2v) is 17.8. The first kappa shape index (κ1) is 42.0. The zero-order valence-electron chi connectivity index (χ0n) is 29.6. The van der Waals surface area contributed by atoms with Gasteiger partial charge in [0.25, 0.3) is 5.56 Å². The zero-order chi connectivity index (χ0) is 39.5. The van der Waals surface area contributed by atoms with Crippen LogP contribution in [0.2, 0.25) is 0 Å². The molecule has 6 heterocycles. The van der Waals surface area contributed by atoms with Crippen LogP contribution in [0, 0.1) is 0 Å². The Morgan fingerprint density at radius 1 is 0.909 bits per heavy atom. The third-order valence-electron chi connectivity index (χ3n) is 8.61.